The highest BCUT2D eigenvalue weighted by Gasteiger charge is 2.16. The fourth-order valence-electron chi connectivity index (χ4n) is 0.503. The van der Waals surface area contributed by atoms with Crippen LogP contribution in [0.1, 0.15) is 12.8 Å². The van der Waals surface area contributed by atoms with Crippen molar-refractivity contribution in [1.29, 1.82) is 0 Å². The molecule has 0 radical (unpaired) electrons. The van der Waals surface area contributed by atoms with Crippen molar-refractivity contribution in [3.05, 3.63) is 12.2 Å². The van der Waals surface area contributed by atoms with Crippen LogP contribution < -0.4 is 5.11 Å². The van der Waals surface area contributed by atoms with Crippen LogP contribution in [-0.4, -0.2) is 5.97 Å². The monoisotopic (exact) mass is 111 g/mol. The van der Waals surface area contributed by atoms with E-state index in [1.54, 1.807) is 6.08 Å². The Balaban J connectivity index is 2.23. The molecule has 0 saturated heterocycles. The molecule has 0 amide bonds. The Hall–Kier alpha value is -0.790. The summed E-state index contributed by atoms with van der Waals surface area (Å²) in [5, 5.41) is 9.73. The van der Waals surface area contributed by atoms with Gasteiger partial charge in [0.2, 0.25) is 0 Å². The first-order chi connectivity index (χ1) is 3.79. The zero-order valence-electron chi connectivity index (χ0n) is 4.46. The number of hydrogen-bond donors (Lipinski definition) is 0. The molecule has 0 aromatic carbocycles. The van der Waals surface area contributed by atoms with Gasteiger partial charge < -0.3 is 9.90 Å². The lowest BCUT2D eigenvalue weighted by Gasteiger charge is -1.86. The largest absolute Gasteiger partial charge is 0.545 e. The SMILES string of the molecule is O=C([O-])/C=C/C1CC1. The van der Waals surface area contributed by atoms with Crippen LogP contribution in [0.15, 0.2) is 12.2 Å². The Kier molecular flexibility index (Phi) is 1.33. The van der Waals surface area contributed by atoms with Crippen molar-refractivity contribution >= 4 is 5.97 Å². The van der Waals surface area contributed by atoms with E-state index in [1.165, 1.54) is 0 Å². The second kappa shape index (κ2) is 1.99. The van der Waals surface area contributed by atoms with Gasteiger partial charge in [0.1, 0.15) is 0 Å². The maximum absolute atomic E-state index is 9.73. The van der Waals surface area contributed by atoms with Crippen LogP contribution in [0.4, 0.5) is 0 Å². The fraction of sp³-hybridized carbons (Fsp3) is 0.500. The van der Waals surface area contributed by atoms with E-state index in [4.69, 9.17) is 0 Å². The molecule has 1 fully saturated rings. The van der Waals surface area contributed by atoms with E-state index in [9.17, 15) is 9.90 Å². The highest BCUT2D eigenvalue weighted by atomic mass is 16.4. The van der Waals surface area contributed by atoms with Crippen molar-refractivity contribution in [1.82, 2.24) is 0 Å². The van der Waals surface area contributed by atoms with Crippen molar-refractivity contribution < 1.29 is 9.90 Å². The van der Waals surface area contributed by atoms with Gasteiger partial charge in [-0.1, -0.05) is 6.08 Å². The quantitative estimate of drug-likeness (QED) is 0.459. The summed E-state index contributed by atoms with van der Waals surface area (Å²) in [4.78, 5) is 9.73. The predicted octanol–water partition coefficient (Wildman–Crippen LogP) is -0.298. The van der Waals surface area contributed by atoms with Gasteiger partial charge in [-0.3, -0.25) is 0 Å². The van der Waals surface area contributed by atoms with Crippen LogP contribution in [0.3, 0.4) is 0 Å². The van der Waals surface area contributed by atoms with E-state index in [2.05, 4.69) is 0 Å². The third kappa shape index (κ3) is 1.78. The molecule has 2 nitrogen and oxygen atoms in total. The number of carbonyl (C=O) groups is 1. The molecular weight excluding hydrogens is 104 g/mol. The number of allylic oxidation sites excluding steroid dienone is 1. The Bertz CT molecular complexity index is 122. The van der Waals surface area contributed by atoms with Crippen molar-refractivity contribution in [2.24, 2.45) is 5.92 Å². The van der Waals surface area contributed by atoms with E-state index in [-0.39, 0.29) is 0 Å². The van der Waals surface area contributed by atoms with Crippen molar-refractivity contribution in [3.8, 4) is 0 Å². The zero-order chi connectivity index (χ0) is 5.98. The molecule has 1 saturated carbocycles. The van der Waals surface area contributed by atoms with Crippen molar-refractivity contribution in [2.45, 2.75) is 12.8 Å². The lowest BCUT2D eigenvalue weighted by atomic mass is 10.4. The molecule has 0 aromatic rings. The highest BCUT2D eigenvalue weighted by Crippen LogP contribution is 2.29. The minimum atomic E-state index is -1.09. The summed E-state index contributed by atoms with van der Waals surface area (Å²) in [6.45, 7) is 0. The molecule has 0 aliphatic heterocycles. The average molecular weight is 111 g/mol. The Morgan fingerprint density at radius 2 is 2.25 bits per heavy atom. The topological polar surface area (TPSA) is 40.1 Å². The highest BCUT2D eigenvalue weighted by molar-refractivity contribution is 5.77. The van der Waals surface area contributed by atoms with E-state index in [0.717, 1.165) is 18.9 Å². The van der Waals surface area contributed by atoms with Crippen molar-refractivity contribution in [2.75, 3.05) is 0 Å². The lowest BCUT2D eigenvalue weighted by Crippen LogP contribution is -2.18. The summed E-state index contributed by atoms with van der Waals surface area (Å²) in [5.74, 6) is -0.551. The smallest absolute Gasteiger partial charge is 0.0639 e. The Labute approximate surface area is 47.8 Å². The molecule has 0 atom stereocenters. The molecule has 1 rings (SSSR count). The second-order valence-electron chi connectivity index (χ2n) is 2.02. The third-order valence-corrected chi connectivity index (χ3v) is 1.13. The van der Waals surface area contributed by atoms with Gasteiger partial charge in [0.05, 0.1) is 5.97 Å². The maximum atomic E-state index is 9.73. The molecule has 2 heteroatoms. The molecular formula is C6H7O2-. The van der Waals surface area contributed by atoms with Crippen LogP contribution in [0.5, 0.6) is 0 Å². The molecule has 1 aliphatic rings. The number of rotatable bonds is 2. The summed E-state index contributed by atoms with van der Waals surface area (Å²) in [6, 6.07) is 0. The molecule has 0 unspecified atom stereocenters. The van der Waals surface area contributed by atoms with Crippen LogP contribution in [0, 0.1) is 5.92 Å². The minimum Gasteiger partial charge on any atom is -0.545 e. The number of carboxylic acid groups (broad SMARTS) is 1. The van der Waals surface area contributed by atoms with Crippen LogP contribution in [-0.2, 0) is 4.79 Å². The van der Waals surface area contributed by atoms with E-state index in [0.29, 0.717) is 5.92 Å². The van der Waals surface area contributed by atoms with Gasteiger partial charge in [0.25, 0.3) is 0 Å². The normalized spacial score (nSPS) is 19.5. The Morgan fingerprint density at radius 3 is 2.62 bits per heavy atom. The number of aliphatic carboxylic acids is 1. The molecule has 8 heavy (non-hydrogen) atoms. The minimum absolute atomic E-state index is 0.535. The van der Waals surface area contributed by atoms with Gasteiger partial charge in [0, 0.05) is 0 Å². The fourth-order valence-corrected chi connectivity index (χ4v) is 0.503. The average Bonchev–Trinajstić information content (AvgIpc) is 2.41. The van der Waals surface area contributed by atoms with Crippen LogP contribution >= 0.6 is 0 Å². The molecule has 0 N–H and O–H groups in total. The first-order valence-electron chi connectivity index (χ1n) is 2.68. The Morgan fingerprint density at radius 1 is 1.62 bits per heavy atom. The molecule has 0 bridgehead atoms. The van der Waals surface area contributed by atoms with Gasteiger partial charge in [-0.2, -0.15) is 0 Å². The van der Waals surface area contributed by atoms with E-state index >= 15 is 0 Å². The van der Waals surface area contributed by atoms with Gasteiger partial charge in [-0.15, -0.1) is 0 Å². The van der Waals surface area contributed by atoms with E-state index < -0.39 is 5.97 Å². The second-order valence-corrected chi connectivity index (χ2v) is 2.02. The lowest BCUT2D eigenvalue weighted by molar-refractivity contribution is -0.297. The first-order valence-corrected chi connectivity index (χ1v) is 2.68. The summed E-state index contributed by atoms with van der Waals surface area (Å²) in [7, 11) is 0. The summed E-state index contributed by atoms with van der Waals surface area (Å²) < 4.78 is 0. The molecule has 1 aliphatic carbocycles. The molecule has 44 valence electrons. The summed E-state index contributed by atoms with van der Waals surface area (Å²) >= 11 is 0. The number of carbonyl (C=O) groups excluding carboxylic acids is 1. The van der Waals surface area contributed by atoms with Gasteiger partial charge >= 0.3 is 0 Å². The van der Waals surface area contributed by atoms with Crippen LogP contribution in [0.2, 0.25) is 0 Å². The molecule has 0 aromatic heterocycles. The molecule has 0 spiro atoms. The summed E-state index contributed by atoms with van der Waals surface area (Å²) in [5.41, 5.74) is 0. The zero-order valence-corrected chi connectivity index (χ0v) is 4.46. The molecule has 0 heterocycles. The maximum Gasteiger partial charge on any atom is 0.0639 e. The van der Waals surface area contributed by atoms with E-state index in [1.807, 2.05) is 0 Å². The number of hydrogen-bond acceptors (Lipinski definition) is 2. The third-order valence-electron chi connectivity index (χ3n) is 1.13. The standard InChI is InChI=1S/C6H8O2/c7-6(8)4-3-5-1-2-5/h3-5H,1-2H2,(H,7,8)/p-1/b4-3+. The summed E-state index contributed by atoms with van der Waals surface area (Å²) in [6.07, 6.45) is 5.08. The number of carboxylic acids is 1. The van der Waals surface area contributed by atoms with Gasteiger partial charge in [-0.25, -0.2) is 0 Å². The van der Waals surface area contributed by atoms with Crippen LogP contribution in [0.25, 0.3) is 0 Å². The first kappa shape index (κ1) is 5.35. The van der Waals surface area contributed by atoms with Crippen molar-refractivity contribution in [3.63, 3.8) is 0 Å². The van der Waals surface area contributed by atoms with Gasteiger partial charge in [0.15, 0.2) is 0 Å². The predicted molar refractivity (Wildman–Crippen MR) is 26.9 cm³/mol. The van der Waals surface area contributed by atoms with Gasteiger partial charge in [-0.05, 0) is 24.8 Å².